The highest BCUT2D eigenvalue weighted by Crippen LogP contribution is 2.32. The van der Waals surface area contributed by atoms with E-state index in [1.807, 2.05) is 37.3 Å². The second kappa shape index (κ2) is 9.64. The number of carbonyl (C=O) groups excluding carboxylic acids is 1. The van der Waals surface area contributed by atoms with E-state index in [-0.39, 0.29) is 11.5 Å². The summed E-state index contributed by atoms with van der Waals surface area (Å²) in [5, 5.41) is 3.27. The molecule has 7 nitrogen and oxygen atoms in total. The molecule has 1 fully saturated rings. The number of methoxy groups -OCH3 is 1. The lowest BCUT2D eigenvalue weighted by molar-refractivity contribution is -0.122. The Morgan fingerprint density at radius 2 is 1.97 bits per heavy atom. The summed E-state index contributed by atoms with van der Waals surface area (Å²) in [6.07, 6.45) is 3.24. The molecule has 1 amide bonds. The Morgan fingerprint density at radius 1 is 1.19 bits per heavy atom. The quantitative estimate of drug-likeness (QED) is 0.422. The molecule has 2 aromatic heterocycles. The van der Waals surface area contributed by atoms with Gasteiger partial charge in [-0.3, -0.25) is 18.9 Å². The first-order chi connectivity index (χ1) is 15.5. The Hall–Kier alpha value is -3.01. The number of amides is 1. The number of carbonyl (C=O) groups is 1. The van der Waals surface area contributed by atoms with Crippen LogP contribution in [0.5, 0.6) is 0 Å². The van der Waals surface area contributed by atoms with Gasteiger partial charge in [-0.25, -0.2) is 4.98 Å². The van der Waals surface area contributed by atoms with Crippen molar-refractivity contribution < 1.29 is 9.53 Å². The first-order valence-electron chi connectivity index (χ1n) is 10.0. The summed E-state index contributed by atoms with van der Waals surface area (Å²) in [5.74, 6) is 0.183. The summed E-state index contributed by atoms with van der Waals surface area (Å²) < 4.78 is 6.98. The summed E-state index contributed by atoms with van der Waals surface area (Å²) in [6, 6.07) is 13.5. The fourth-order valence-corrected chi connectivity index (χ4v) is 4.56. The van der Waals surface area contributed by atoms with Gasteiger partial charge >= 0.3 is 0 Å². The van der Waals surface area contributed by atoms with Crippen molar-refractivity contribution in [2.24, 2.45) is 0 Å². The predicted molar refractivity (Wildman–Crippen MR) is 132 cm³/mol. The van der Waals surface area contributed by atoms with Crippen molar-refractivity contribution in [3.05, 3.63) is 80.6 Å². The van der Waals surface area contributed by atoms with Crippen LogP contribution in [-0.2, 0) is 16.1 Å². The highest BCUT2D eigenvalue weighted by molar-refractivity contribution is 8.26. The molecule has 9 heteroatoms. The molecule has 4 rings (SSSR count). The largest absolute Gasteiger partial charge is 0.383 e. The molecule has 32 heavy (non-hydrogen) atoms. The van der Waals surface area contributed by atoms with Crippen molar-refractivity contribution in [3.8, 4) is 0 Å². The van der Waals surface area contributed by atoms with Crippen LogP contribution in [0.1, 0.15) is 16.7 Å². The van der Waals surface area contributed by atoms with E-state index in [4.69, 9.17) is 17.0 Å². The van der Waals surface area contributed by atoms with Gasteiger partial charge in [0.05, 0.1) is 23.6 Å². The van der Waals surface area contributed by atoms with E-state index in [0.29, 0.717) is 46.0 Å². The molecule has 0 radical (unpaired) electrons. The van der Waals surface area contributed by atoms with Crippen molar-refractivity contribution >= 4 is 51.7 Å². The Bertz CT molecular complexity index is 1270. The predicted octanol–water partition coefficient (Wildman–Crippen LogP) is 3.46. The smallest absolute Gasteiger partial charge is 0.267 e. The molecule has 1 N–H and O–H groups in total. The second-order valence-corrected chi connectivity index (χ2v) is 8.95. The maximum atomic E-state index is 13.3. The zero-order valence-electron chi connectivity index (χ0n) is 17.7. The molecule has 1 aliphatic heterocycles. The number of pyridine rings is 1. The summed E-state index contributed by atoms with van der Waals surface area (Å²) in [4.78, 5) is 32.7. The minimum absolute atomic E-state index is 0.237. The van der Waals surface area contributed by atoms with Gasteiger partial charge in [0, 0.05) is 19.9 Å². The van der Waals surface area contributed by atoms with E-state index >= 15 is 0 Å². The summed E-state index contributed by atoms with van der Waals surface area (Å²) in [5.41, 5.74) is 2.81. The molecule has 3 heterocycles. The number of hydrogen-bond donors (Lipinski definition) is 1. The molecule has 0 spiro atoms. The van der Waals surface area contributed by atoms with E-state index in [2.05, 4.69) is 10.3 Å². The number of fused-ring (bicyclic) bond motifs is 1. The number of nitrogens with one attached hydrogen (secondary N) is 1. The maximum absolute atomic E-state index is 13.3. The third kappa shape index (κ3) is 4.59. The van der Waals surface area contributed by atoms with Crippen LogP contribution in [0.25, 0.3) is 11.7 Å². The lowest BCUT2D eigenvalue weighted by Crippen LogP contribution is -2.31. The Morgan fingerprint density at radius 3 is 2.72 bits per heavy atom. The van der Waals surface area contributed by atoms with Crippen LogP contribution in [0.2, 0.25) is 0 Å². The van der Waals surface area contributed by atoms with Crippen LogP contribution >= 0.6 is 24.0 Å². The van der Waals surface area contributed by atoms with Crippen LogP contribution in [0.15, 0.2) is 58.4 Å². The molecular formula is C23H22N4O3S2. The normalized spacial score (nSPS) is 15.2. The molecule has 0 atom stereocenters. The zero-order valence-corrected chi connectivity index (χ0v) is 19.3. The van der Waals surface area contributed by atoms with Gasteiger partial charge in [0.2, 0.25) is 0 Å². The van der Waals surface area contributed by atoms with E-state index < -0.39 is 0 Å². The lowest BCUT2D eigenvalue weighted by atomic mass is 10.1. The first kappa shape index (κ1) is 22.2. The van der Waals surface area contributed by atoms with Crippen LogP contribution in [-0.4, -0.2) is 44.8 Å². The number of nitrogens with zero attached hydrogens (tertiary/aromatic N) is 3. The van der Waals surface area contributed by atoms with Gasteiger partial charge in [0.1, 0.15) is 15.8 Å². The van der Waals surface area contributed by atoms with Gasteiger partial charge in [-0.05, 0) is 30.7 Å². The van der Waals surface area contributed by atoms with Crippen LogP contribution in [0.3, 0.4) is 0 Å². The molecule has 1 aromatic carbocycles. The summed E-state index contributed by atoms with van der Waals surface area (Å²) in [6.45, 7) is 3.27. The number of thiocarbonyl (C=S) groups is 1. The minimum atomic E-state index is -0.260. The van der Waals surface area contributed by atoms with Crippen molar-refractivity contribution in [3.63, 3.8) is 0 Å². The van der Waals surface area contributed by atoms with Gasteiger partial charge in [-0.1, -0.05) is 59.9 Å². The van der Waals surface area contributed by atoms with E-state index in [1.165, 1.54) is 26.6 Å². The number of hydrogen-bond acceptors (Lipinski definition) is 7. The minimum Gasteiger partial charge on any atom is -0.383 e. The average molecular weight is 467 g/mol. The first-order valence-corrected chi connectivity index (χ1v) is 11.3. The highest BCUT2D eigenvalue weighted by atomic mass is 32.2. The monoisotopic (exact) mass is 466 g/mol. The van der Waals surface area contributed by atoms with Gasteiger partial charge in [0.25, 0.3) is 11.5 Å². The summed E-state index contributed by atoms with van der Waals surface area (Å²) >= 11 is 6.53. The molecule has 0 bridgehead atoms. The van der Waals surface area contributed by atoms with Crippen molar-refractivity contribution in [1.82, 2.24) is 14.3 Å². The van der Waals surface area contributed by atoms with E-state index in [9.17, 15) is 9.59 Å². The number of rotatable bonds is 7. The third-order valence-corrected chi connectivity index (χ3v) is 6.40. The number of aromatic nitrogens is 2. The van der Waals surface area contributed by atoms with Crippen LogP contribution in [0, 0.1) is 6.92 Å². The lowest BCUT2D eigenvalue weighted by Gasteiger charge is -2.13. The Balaban J connectivity index is 1.73. The topological polar surface area (TPSA) is 75.9 Å². The highest BCUT2D eigenvalue weighted by Gasteiger charge is 2.32. The number of anilines is 1. The van der Waals surface area contributed by atoms with Crippen LogP contribution < -0.4 is 10.9 Å². The van der Waals surface area contributed by atoms with Gasteiger partial charge in [-0.15, -0.1) is 0 Å². The van der Waals surface area contributed by atoms with Crippen LogP contribution in [0.4, 0.5) is 5.82 Å². The van der Waals surface area contributed by atoms with Gasteiger partial charge in [-0.2, -0.15) is 0 Å². The zero-order chi connectivity index (χ0) is 22.7. The molecular weight excluding hydrogens is 444 g/mol. The number of aryl methyl sites for hydroxylation is 1. The standard InChI is InChI=1S/C23H22N4O3S2/c1-15-6-8-16(9-7-15)14-24-20-17(21(28)26-10-4-3-5-19(26)25-20)13-18-22(29)27(11-12-30-2)23(31)32-18/h3-10,13,24H,11-12,14H2,1-2H3/b18-13+. The molecule has 0 unspecified atom stereocenters. The maximum Gasteiger partial charge on any atom is 0.267 e. The average Bonchev–Trinajstić information content (AvgIpc) is 3.06. The van der Waals surface area contributed by atoms with Gasteiger partial charge in [0.15, 0.2) is 0 Å². The van der Waals surface area contributed by atoms with E-state index in [0.717, 1.165) is 5.56 Å². The molecule has 0 aliphatic carbocycles. The fourth-order valence-electron chi connectivity index (χ4n) is 3.27. The van der Waals surface area contributed by atoms with Crippen molar-refractivity contribution in [2.75, 3.05) is 25.6 Å². The number of benzene rings is 1. The van der Waals surface area contributed by atoms with Crippen molar-refractivity contribution in [1.29, 1.82) is 0 Å². The van der Waals surface area contributed by atoms with Gasteiger partial charge < -0.3 is 10.1 Å². The Labute approximate surface area is 195 Å². The molecule has 1 aliphatic rings. The molecule has 0 saturated carbocycles. The summed E-state index contributed by atoms with van der Waals surface area (Å²) in [7, 11) is 1.57. The third-order valence-electron chi connectivity index (χ3n) is 5.02. The number of ether oxygens (including phenoxy) is 1. The van der Waals surface area contributed by atoms with E-state index in [1.54, 1.807) is 31.5 Å². The van der Waals surface area contributed by atoms with Crippen molar-refractivity contribution in [2.45, 2.75) is 13.5 Å². The molecule has 164 valence electrons. The SMILES string of the molecule is COCCN1C(=O)/C(=C\c2c(NCc3ccc(C)cc3)nc3ccccn3c2=O)SC1=S. The number of thioether (sulfide) groups is 1. The fraction of sp³-hybridized carbons (Fsp3) is 0.217. The second-order valence-electron chi connectivity index (χ2n) is 7.27. The molecule has 3 aromatic rings. The Kier molecular flexibility index (Phi) is 6.69. The molecule has 1 saturated heterocycles.